The first-order valence-corrected chi connectivity index (χ1v) is 12.2. The Morgan fingerprint density at radius 1 is 1.00 bits per heavy atom. The van der Waals surface area contributed by atoms with E-state index < -0.39 is 6.04 Å². The lowest BCUT2D eigenvalue weighted by Crippen LogP contribution is -2.46. The van der Waals surface area contributed by atoms with Crippen LogP contribution in [0.25, 0.3) is 0 Å². The second kappa shape index (κ2) is 10.3. The maximum Gasteiger partial charge on any atom is 0.256 e. The van der Waals surface area contributed by atoms with Crippen molar-refractivity contribution in [1.82, 2.24) is 14.9 Å². The van der Waals surface area contributed by atoms with Crippen LogP contribution in [-0.4, -0.2) is 38.5 Å². The standard InChI is InChI=1S/C29H23ClN4O3/c1-18-5-4-7-24(32-18)27(35)20-10-8-19(9-11-20)17-34-26(16-22-6-2-3-14-31-22)28(36)33-25-15-21(30)12-13-23(25)29(34)37/h2-15,26H,16-17H2,1H3,(H,33,36)/t26-/m1/s1. The molecule has 1 aliphatic heterocycles. The normalized spacial score (nSPS) is 15.1. The minimum atomic E-state index is -0.800. The highest BCUT2D eigenvalue weighted by molar-refractivity contribution is 6.31. The summed E-state index contributed by atoms with van der Waals surface area (Å²) >= 11 is 6.13. The Morgan fingerprint density at radius 3 is 2.54 bits per heavy atom. The first-order chi connectivity index (χ1) is 17.9. The number of nitrogens with one attached hydrogen (secondary N) is 1. The van der Waals surface area contributed by atoms with Crippen LogP contribution in [0.4, 0.5) is 5.69 Å². The lowest BCUT2D eigenvalue weighted by molar-refractivity contribution is -0.120. The number of rotatable bonds is 6. The smallest absolute Gasteiger partial charge is 0.256 e. The third-order valence-electron chi connectivity index (χ3n) is 6.23. The summed E-state index contributed by atoms with van der Waals surface area (Å²) in [6, 6.07) is 21.8. The minimum Gasteiger partial charge on any atom is -0.323 e. The summed E-state index contributed by atoms with van der Waals surface area (Å²) in [6.07, 6.45) is 1.90. The second-order valence-electron chi connectivity index (χ2n) is 8.84. The Balaban J connectivity index is 1.46. The molecule has 0 spiro atoms. The van der Waals surface area contributed by atoms with Crippen molar-refractivity contribution < 1.29 is 14.4 Å². The molecule has 1 aliphatic rings. The number of amides is 2. The van der Waals surface area contributed by atoms with E-state index in [1.165, 1.54) is 0 Å². The van der Waals surface area contributed by atoms with E-state index in [2.05, 4.69) is 15.3 Å². The number of benzene rings is 2. The molecule has 0 aliphatic carbocycles. The Hall–Kier alpha value is -4.36. The number of halogens is 1. The summed E-state index contributed by atoms with van der Waals surface area (Å²) in [4.78, 5) is 50.1. The summed E-state index contributed by atoms with van der Waals surface area (Å²) in [5.74, 6) is -0.799. The fourth-order valence-electron chi connectivity index (χ4n) is 4.34. The molecular weight excluding hydrogens is 488 g/mol. The van der Waals surface area contributed by atoms with E-state index in [1.54, 1.807) is 71.8 Å². The molecule has 2 aromatic carbocycles. The summed E-state index contributed by atoms with van der Waals surface area (Å²) in [5.41, 5.74) is 3.83. The van der Waals surface area contributed by atoms with Crippen LogP contribution in [0.3, 0.4) is 0 Å². The van der Waals surface area contributed by atoms with E-state index in [1.807, 2.05) is 25.1 Å². The number of aryl methyl sites for hydroxylation is 1. The number of nitrogens with zero attached hydrogens (tertiary/aromatic N) is 3. The highest BCUT2D eigenvalue weighted by Crippen LogP contribution is 2.28. The monoisotopic (exact) mass is 510 g/mol. The zero-order valence-corrected chi connectivity index (χ0v) is 20.8. The van der Waals surface area contributed by atoms with Crippen molar-refractivity contribution in [3.63, 3.8) is 0 Å². The number of hydrogen-bond donors (Lipinski definition) is 1. The number of aromatic nitrogens is 2. The number of fused-ring (bicyclic) bond motifs is 1. The number of carbonyl (C=O) groups is 3. The van der Waals surface area contributed by atoms with Crippen LogP contribution in [0.1, 0.15) is 43.4 Å². The average Bonchev–Trinajstić information content (AvgIpc) is 2.99. The topological polar surface area (TPSA) is 92.3 Å². The quantitative estimate of drug-likeness (QED) is 0.373. The fourth-order valence-corrected chi connectivity index (χ4v) is 4.51. The number of hydrogen-bond acceptors (Lipinski definition) is 5. The van der Waals surface area contributed by atoms with Crippen molar-refractivity contribution in [3.8, 4) is 0 Å². The lowest BCUT2D eigenvalue weighted by Gasteiger charge is -2.28. The third kappa shape index (κ3) is 5.27. The van der Waals surface area contributed by atoms with E-state index in [-0.39, 0.29) is 30.6 Å². The molecule has 1 N–H and O–H groups in total. The first-order valence-electron chi connectivity index (χ1n) is 11.8. The molecular formula is C29H23ClN4O3. The second-order valence-corrected chi connectivity index (χ2v) is 9.28. The fraction of sp³-hybridized carbons (Fsp3) is 0.138. The molecule has 5 rings (SSSR count). The largest absolute Gasteiger partial charge is 0.323 e. The van der Waals surface area contributed by atoms with Gasteiger partial charge in [0.25, 0.3) is 5.91 Å². The molecule has 0 saturated heterocycles. The SMILES string of the molecule is Cc1cccc(C(=O)c2ccc(CN3C(=O)c4ccc(Cl)cc4NC(=O)[C@H]3Cc3ccccn3)cc2)n1. The minimum absolute atomic E-state index is 0.170. The van der Waals surface area contributed by atoms with Crippen LogP contribution in [0, 0.1) is 6.92 Å². The Kier molecular flexibility index (Phi) is 6.79. The molecule has 2 amide bonds. The van der Waals surface area contributed by atoms with Crippen molar-refractivity contribution >= 4 is 34.9 Å². The van der Waals surface area contributed by atoms with Crippen LogP contribution in [0.15, 0.2) is 85.1 Å². The van der Waals surface area contributed by atoms with E-state index in [4.69, 9.17) is 11.6 Å². The molecule has 8 heteroatoms. The van der Waals surface area contributed by atoms with Gasteiger partial charge in [-0.25, -0.2) is 4.98 Å². The summed E-state index contributed by atoms with van der Waals surface area (Å²) in [7, 11) is 0. The molecule has 4 aromatic rings. The van der Waals surface area contributed by atoms with Gasteiger partial charge in [0.05, 0.1) is 11.3 Å². The van der Waals surface area contributed by atoms with Crippen LogP contribution >= 0.6 is 11.6 Å². The van der Waals surface area contributed by atoms with Crippen molar-refractivity contribution in [2.75, 3.05) is 5.32 Å². The molecule has 0 bridgehead atoms. The summed E-state index contributed by atoms with van der Waals surface area (Å²) in [5, 5.41) is 3.28. The van der Waals surface area contributed by atoms with Crippen LogP contribution < -0.4 is 5.32 Å². The van der Waals surface area contributed by atoms with Gasteiger partial charge in [0.2, 0.25) is 11.7 Å². The number of anilines is 1. The molecule has 3 heterocycles. The van der Waals surface area contributed by atoms with Crippen LogP contribution in [-0.2, 0) is 17.8 Å². The lowest BCUT2D eigenvalue weighted by atomic mass is 10.0. The Labute approximate surface area is 219 Å². The van der Waals surface area contributed by atoms with E-state index in [0.717, 1.165) is 11.3 Å². The third-order valence-corrected chi connectivity index (χ3v) is 6.46. The molecule has 0 fully saturated rings. The number of carbonyl (C=O) groups excluding carboxylic acids is 3. The van der Waals surface area contributed by atoms with Crippen molar-refractivity contribution in [2.45, 2.75) is 25.9 Å². The average molecular weight is 511 g/mol. The molecule has 37 heavy (non-hydrogen) atoms. The molecule has 7 nitrogen and oxygen atoms in total. The van der Waals surface area contributed by atoms with Gasteiger partial charge in [-0.3, -0.25) is 19.4 Å². The van der Waals surface area contributed by atoms with Crippen molar-refractivity contribution in [1.29, 1.82) is 0 Å². The summed E-state index contributed by atoms with van der Waals surface area (Å²) < 4.78 is 0. The van der Waals surface area contributed by atoms with Gasteiger partial charge in [-0.05, 0) is 55.0 Å². The van der Waals surface area contributed by atoms with Crippen molar-refractivity contribution in [2.24, 2.45) is 0 Å². The molecule has 0 radical (unpaired) electrons. The van der Waals surface area contributed by atoms with Crippen LogP contribution in [0.5, 0.6) is 0 Å². The zero-order chi connectivity index (χ0) is 25.9. The Bertz CT molecular complexity index is 1490. The van der Waals surface area contributed by atoms with Gasteiger partial charge in [-0.2, -0.15) is 0 Å². The van der Waals surface area contributed by atoms with Gasteiger partial charge < -0.3 is 10.2 Å². The number of ketones is 1. The maximum absolute atomic E-state index is 13.7. The highest BCUT2D eigenvalue weighted by atomic mass is 35.5. The Morgan fingerprint density at radius 2 is 1.81 bits per heavy atom. The molecule has 1 atom stereocenters. The van der Waals surface area contributed by atoms with Crippen molar-refractivity contribution in [3.05, 3.63) is 124 Å². The van der Waals surface area contributed by atoms with Gasteiger partial charge in [0.1, 0.15) is 11.7 Å². The maximum atomic E-state index is 13.7. The predicted octanol–water partition coefficient (Wildman–Crippen LogP) is 4.88. The van der Waals surface area contributed by atoms with Gasteiger partial charge in [-0.1, -0.05) is 48.0 Å². The van der Waals surface area contributed by atoms with Gasteiger partial charge in [0, 0.05) is 41.1 Å². The molecule has 0 unspecified atom stereocenters. The molecule has 0 saturated carbocycles. The van der Waals surface area contributed by atoms with Gasteiger partial charge in [0.15, 0.2) is 0 Å². The van der Waals surface area contributed by atoms with Crippen LogP contribution in [0.2, 0.25) is 5.02 Å². The summed E-state index contributed by atoms with van der Waals surface area (Å²) in [6.45, 7) is 2.00. The van der Waals surface area contributed by atoms with E-state index in [0.29, 0.717) is 33.2 Å². The molecule has 2 aromatic heterocycles. The first kappa shape index (κ1) is 24.3. The predicted molar refractivity (Wildman–Crippen MR) is 141 cm³/mol. The van der Waals surface area contributed by atoms with Gasteiger partial charge in [-0.15, -0.1) is 0 Å². The highest BCUT2D eigenvalue weighted by Gasteiger charge is 2.36. The molecule has 184 valence electrons. The van der Waals surface area contributed by atoms with Gasteiger partial charge >= 0.3 is 0 Å². The number of pyridine rings is 2. The zero-order valence-electron chi connectivity index (χ0n) is 20.0. The van der Waals surface area contributed by atoms with E-state index in [9.17, 15) is 14.4 Å². The van der Waals surface area contributed by atoms with E-state index >= 15 is 0 Å².